The third kappa shape index (κ3) is 5.02. The maximum absolute atomic E-state index is 12.5. The lowest BCUT2D eigenvalue weighted by molar-refractivity contribution is -0.0369. The summed E-state index contributed by atoms with van der Waals surface area (Å²) in [4.78, 5) is 3.36. The van der Waals surface area contributed by atoms with Gasteiger partial charge in [0.15, 0.2) is 26.7 Å². The average molecular weight is 408 g/mol. The van der Waals surface area contributed by atoms with Gasteiger partial charge in [0.2, 0.25) is 0 Å². The highest BCUT2D eigenvalue weighted by atomic mass is 32.2. The number of alkyl halides is 3. The van der Waals surface area contributed by atoms with Crippen LogP contribution in [0.3, 0.4) is 0 Å². The molecule has 0 aliphatic rings. The maximum Gasteiger partial charge on any atom is 0.479 e. The molecule has 0 saturated heterocycles. The second-order valence-corrected chi connectivity index (χ2v) is 8.75. The van der Waals surface area contributed by atoms with Crippen LogP contribution < -0.4 is 4.18 Å². The summed E-state index contributed by atoms with van der Waals surface area (Å²) in [6.07, 6.45) is 0. The predicted octanol–water partition coefficient (Wildman–Crippen LogP) is 6.95. The van der Waals surface area contributed by atoms with Crippen molar-refractivity contribution in [3.8, 4) is 5.75 Å². The lowest BCUT2D eigenvalue weighted by Gasteiger charge is -2.14. The van der Waals surface area contributed by atoms with E-state index in [2.05, 4.69) is 24.3 Å². The SMILES string of the molecule is Cc1cc([S+](c2ccccc2)c2ccccc2)cc(C)c1OSC(F)(F)F. The van der Waals surface area contributed by atoms with Crippen molar-refractivity contribution in [2.24, 2.45) is 0 Å². The van der Waals surface area contributed by atoms with Crippen LogP contribution in [0.25, 0.3) is 0 Å². The largest absolute Gasteiger partial charge is 0.479 e. The second-order valence-electron chi connectivity index (χ2n) is 5.93. The smallest absolute Gasteiger partial charge is 0.417 e. The van der Waals surface area contributed by atoms with Gasteiger partial charge in [-0.15, -0.1) is 0 Å². The summed E-state index contributed by atoms with van der Waals surface area (Å²) < 4.78 is 42.5. The molecule has 0 N–H and O–H groups in total. The molecule has 0 heterocycles. The third-order valence-corrected chi connectivity index (χ3v) is 6.48. The van der Waals surface area contributed by atoms with Crippen LogP contribution in [0.2, 0.25) is 0 Å². The number of rotatable bonds is 5. The van der Waals surface area contributed by atoms with Crippen molar-refractivity contribution in [1.29, 1.82) is 0 Å². The molecule has 140 valence electrons. The zero-order valence-electron chi connectivity index (χ0n) is 14.8. The van der Waals surface area contributed by atoms with E-state index in [0.717, 1.165) is 14.7 Å². The van der Waals surface area contributed by atoms with Crippen LogP contribution >= 0.6 is 12.0 Å². The maximum atomic E-state index is 12.5. The number of aryl methyl sites for hydroxylation is 2. The Morgan fingerprint density at radius 1 is 0.741 bits per heavy atom. The number of halogens is 3. The standard InChI is InChI=1S/C21H18F3OS2/c1-15-13-19(14-16(2)20(15)25-26-21(22,23)24)27(17-9-5-3-6-10-17)18-11-7-4-8-12-18/h3-14H,1-2H3/q+1. The van der Waals surface area contributed by atoms with Crippen LogP contribution in [0.4, 0.5) is 13.2 Å². The van der Waals surface area contributed by atoms with Crippen LogP contribution in [-0.4, -0.2) is 5.51 Å². The van der Waals surface area contributed by atoms with E-state index in [9.17, 15) is 13.2 Å². The second kappa shape index (κ2) is 8.31. The van der Waals surface area contributed by atoms with Crippen LogP contribution in [0.15, 0.2) is 87.5 Å². The highest BCUT2D eigenvalue weighted by Crippen LogP contribution is 2.39. The van der Waals surface area contributed by atoms with E-state index in [1.165, 1.54) is 0 Å². The molecule has 0 atom stereocenters. The lowest BCUT2D eigenvalue weighted by atomic mass is 10.1. The molecule has 0 aliphatic heterocycles. The highest BCUT2D eigenvalue weighted by molar-refractivity contribution is 7.97. The van der Waals surface area contributed by atoms with E-state index in [0.29, 0.717) is 11.1 Å². The summed E-state index contributed by atoms with van der Waals surface area (Å²) in [5.41, 5.74) is -3.06. The number of benzene rings is 3. The number of hydrogen-bond acceptors (Lipinski definition) is 2. The molecular weight excluding hydrogens is 389 g/mol. The van der Waals surface area contributed by atoms with Crippen molar-refractivity contribution in [2.75, 3.05) is 0 Å². The first kappa shape index (κ1) is 19.7. The zero-order valence-corrected chi connectivity index (χ0v) is 16.4. The first-order valence-electron chi connectivity index (χ1n) is 8.23. The summed E-state index contributed by atoms with van der Waals surface area (Å²) in [6.45, 7) is 3.56. The fourth-order valence-corrected chi connectivity index (χ4v) is 5.48. The molecule has 3 aromatic rings. The van der Waals surface area contributed by atoms with Crippen molar-refractivity contribution in [2.45, 2.75) is 34.0 Å². The quantitative estimate of drug-likeness (QED) is 0.334. The van der Waals surface area contributed by atoms with Crippen molar-refractivity contribution in [1.82, 2.24) is 0 Å². The topological polar surface area (TPSA) is 9.23 Å². The molecule has 0 fully saturated rings. The minimum atomic E-state index is -4.43. The van der Waals surface area contributed by atoms with Gasteiger partial charge in [0, 0.05) is 12.1 Å². The van der Waals surface area contributed by atoms with E-state index in [-0.39, 0.29) is 16.6 Å². The summed E-state index contributed by atoms with van der Waals surface area (Å²) in [7, 11) is -0.349. The van der Waals surface area contributed by atoms with Gasteiger partial charge >= 0.3 is 5.51 Å². The van der Waals surface area contributed by atoms with Crippen molar-refractivity contribution >= 4 is 22.9 Å². The van der Waals surface area contributed by atoms with Gasteiger partial charge in [0.05, 0.1) is 10.9 Å². The van der Waals surface area contributed by atoms with Crippen molar-refractivity contribution in [3.05, 3.63) is 83.9 Å². The fraction of sp³-hybridized carbons (Fsp3) is 0.143. The Kier molecular flexibility index (Phi) is 6.07. The van der Waals surface area contributed by atoms with E-state index in [1.54, 1.807) is 13.8 Å². The lowest BCUT2D eigenvalue weighted by Crippen LogP contribution is -2.07. The first-order chi connectivity index (χ1) is 12.8. The minimum absolute atomic E-state index is 0.269. The van der Waals surface area contributed by atoms with Gasteiger partial charge < -0.3 is 4.18 Å². The Morgan fingerprint density at radius 3 is 1.59 bits per heavy atom. The molecule has 27 heavy (non-hydrogen) atoms. The summed E-state index contributed by atoms with van der Waals surface area (Å²) >= 11 is -0.476. The average Bonchev–Trinajstić information content (AvgIpc) is 2.62. The van der Waals surface area contributed by atoms with Crippen molar-refractivity contribution in [3.63, 3.8) is 0 Å². The van der Waals surface area contributed by atoms with Gasteiger partial charge in [0.25, 0.3) is 0 Å². The monoisotopic (exact) mass is 407 g/mol. The number of hydrogen-bond donors (Lipinski definition) is 0. The molecule has 6 heteroatoms. The Morgan fingerprint density at radius 2 is 1.19 bits per heavy atom. The molecule has 0 unspecified atom stereocenters. The van der Waals surface area contributed by atoms with Crippen LogP contribution in [0, 0.1) is 13.8 Å². The van der Waals surface area contributed by atoms with Crippen LogP contribution in [0.5, 0.6) is 5.75 Å². The molecule has 0 bridgehead atoms. The normalized spacial score (nSPS) is 11.6. The van der Waals surface area contributed by atoms with Gasteiger partial charge in [-0.25, -0.2) is 0 Å². The summed E-state index contributed by atoms with van der Waals surface area (Å²) in [5, 5.41) is 0. The van der Waals surface area contributed by atoms with E-state index in [4.69, 9.17) is 4.18 Å². The van der Waals surface area contributed by atoms with Gasteiger partial charge in [-0.3, -0.25) is 0 Å². The van der Waals surface area contributed by atoms with Crippen LogP contribution in [-0.2, 0) is 10.9 Å². The molecule has 0 amide bonds. The molecule has 0 radical (unpaired) electrons. The molecule has 3 aromatic carbocycles. The van der Waals surface area contributed by atoms with Gasteiger partial charge in [-0.05, 0) is 49.2 Å². The molecule has 0 aromatic heterocycles. The first-order valence-corrected chi connectivity index (χ1v) is 10.2. The third-order valence-electron chi connectivity index (χ3n) is 3.85. The van der Waals surface area contributed by atoms with Crippen molar-refractivity contribution < 1.29 is 17.4 Å². The summed E-state index contributed by atoms with van der Waals surface area (Å²) in [6, 6.07) is 24.1. The Bertz CT molecular complexity index is 834. The Balaban J connectivity index is 2.03. The molecule has 0 saturated carbocycles. The molecule has 3 rings (SSSR count). The van der Waals surface area contributed by atoms with Gasteiger partial charge in [-0.1, -0.05) is 36.4 Å². The molecule has 1 nitrogen and oxygen atoms in total. The molecular formula is C21H18F3OS2+. The molecule has 0 spiro atoms. The Hall–Kier alpha value is -2.05. The zero-order chi connectivity index (χ0) is 19.4. The van der Waals surface area contributed by atoms with E-state index in [1.807, 2.05) is 48.5 Å². The van der Waals surface area contributed by atoms with Crippen LogP contribution in [0.1, 0.15) is 11.1 Å². The van der Waals surface area contributed by atoms with Gasteiger partial charge in [-0.2, -0.15) is 13.2 Å². The van der Waals surface area contributed by atoms with E-state index >= 15 is 0 Å². The van der Waals surface area contributed by atoms with E-state index < -0.39 is 17.6 Å². The summed E-state index contributed by atoms with van der Waals surface area (Å²) in [5.74, 6) is 0.269. The highest BCUT2D eigenvalue weighted by Gasteiger charge is 2.33. The minimum Gasteiger partial charge on any atom is -0.417 e. The van der Waals surface area contributed by atoms with Gasteiger partial charge in [0.1, 0.15) is 5.75 Å². The fourth-order valence-electron chi connectivity index (χ4n) is 2.77. The predicted molar refractivity (Wildman–Crippen MR) is 105 cm³/mol. The Labute approximate surface area is 164 Å². The molecule has 0 aliphatic carbocycles.